The number of piperidine rings is 1. The van der Waals surface area contributed by atoms with Crippen LogP contribution in [0.5, 0.6) is 5.75 Å². The number of benzene rings is 1. The van der Waals surface area contributed by atoms with Crippen LogP contribution < -0.4 is 10.1 Å². The molecule has 0 radical (unpaired) electrons. The fourth-order valence-electron chi connectivity index (χ4n) is 4.45. The fraction of sp³-hybridized carbons (Fsp3) is 0.647. The summed E-state index contributed by atoms with van der Waals surface area (Å²) in [6, 6.07) is 5.28. The molecule has 21 heavy (non-hydrogen) atoms. The van der Waals surface area contributed by atoms with Crippen LogP contribution in [0.15, 0.2) is 18.2 Å². The Hall–Kier alpha value is -1.13. The van der Waals surface area contributed by atoms with Crippen LogP contribution in [0.4, 0.5) is 4.39 Å². The summed E-state index contributed by atoms with van der Waals surface area (Å²) in [5, 5.41) is 3.57. The lowest BCUT2D eigenvalue weighted by atomic mass is 9.74. The molecule has 1 aromatic rings. The van der Waals surface area contributed by atoms with E-state index in [1.165, 1.54) is 13.0 Å². The van der Waals surface area contributed by atoms with E-state index in [0.717, 1.165) is 43.8 Å². The zero-order valence-electron chi connectivity index (χ0n) is 12.6. The molecule has 1 aromatic carbocycles. The van der Waals surface area contributed by atoms with Crippen molar-refractivity contribution in [1.82, 2.24) is 10.2 Å². The molecule has 3 aliphatic rings. The van der Waals surface area contributed by atoms with Gasteiger partial charge in [-0.05, 0) is 25.6 Å². The molecule has 114 valence electrons. The highest BCUT2D eigenvalue weighted by Gasteiger charge is 2.51. The number of fused-ring (bicyclic) bond motifs is 4. The molecule has 0 aliphatic carbocycles. The van der Waals surface area contributed by atoms with E-state index in [1.54, 1.807) is 12.1 Å². The fourth-order valence-corrected chi connectivity index (χ4v) is 4.45. The largest absolute Gasteiger partial charge is 0.486 e. The van der Waals surface area contributed by atoms with Crippen molar-refractivity contribution < 1.29 is 9.13 Å². The Morgan fingerprint density at radius 1 is 1.43 bits per heavy atom. The van der Waals surface area contributed by atoms with Gasteiger partial charge in [-0.25, -0.2) is 4.39 Å². The normalized spacial score (nSPS) is 37.3. The Morgan fingerprint density at radius 3 is 3.19 bits per heavy atom. The Balaban J connectivity index is 1.72. The molecule has 4 rings (SSSR count). The molecule has 0 amide bonds. The highest BCUT2D eigenvalue weighted by atomic mass is 19.1. The van der Waals surface area contributed by atoms with Crippen LogP contribution in [0.1, 0.15) is 37.8 Å². The monoisotopic (exact) mass is 290 g/mol. The molecular weight excluding hydrogens is 267 g/mol. The summed E-state index contributed by atoms with van der Waals surface area (Å²) >= 11 is 0. The summed E-state index contributed by atoms with van der Waals surface area (Å²) in [6.07, 6.45) is 3.29. The van der Waals surface area contributed by atoms with Gasteiger partial charge in [-0.3, -0.25) is 0 Å². The molecule has 3 nitrogen and oxygen atoms in total. The average Bonchev–Trinajstić information content (AvgIpc) is 2.89. The van der Waals surface area contributed by atoms with Gasteiger partial charge in [0.2, 0.25) is 0 Å². The van der Waals surface area contributed by atoms with Gasteiger partial charge in [-0.15, -0.1) is 0 Å². The third-order valence-corrected chi connectivity index (χ3v) is 5.53. The van der Waals surface area contributed by atoms with Gasteiger partial charge >= 0.3 is 0 Å². The third-order valence-electron chi connectivity index (χ3n) is 5.53. The van der Waals surface area contributed by atoms with Crippen molar-refractivity contribution in [2.24, 2.45) is 5.92 Å². The Kier molecular flexibility index (Phi) is 3.19. The predicted octanol–water partition coefficient (Wildman–Crippen LogP) is 2.72. The van der Waals surface area contributed by atoms with Crippen molar-refractivity contribution in [3.8, 4) is 5.75 Å². The van der Waals surface area contributed by atoms with E-state index in [2.05, 4.69) is 17.1 Å². The number of rotatable bonds is 2. The van der Waals surface area contributed by atoms with Crippen LogP contribution in [0.2, 0.25) is 0 Å². The van der Waals surface area contributed by atoms with Crippen LogP contribution in [-0.2, 0) is 0 Å². The number of nitrogens with one attached hydrogen (secondary N) is 1. The van der Waals surface area contributed by atoms with Gasteiger partial charge in [-0.2, -0.15) is 0 Å². The molecule has 3 heterocycles. The standard InChI is InChI=1S/C17H23FN2O/c1-2-19-15-10-17(6-8-20-7-5-12(17)11-20)21-16-9-13(18)3-4-14(15)16/h3-4,9,12,15,19H,2,5-8,10-11H2,1H3. The Bertz CT molecular complexity index is 550. The maximum absolute atomic E-state index is 13.6. The highest BCUT2D eigenvalue weighted by Crippen LogP contribution is 2.49. The van der Waals surface area contributed by atoms with Crippen molar-refractivity contribution in [3.63, 3.8) is 0 Å². The maximum Gasteiger partial charge on any atom is 0.127 e. The maximum atomic E-state index is 13.6. The lowest BCUT2D eigenvalue weighted by Crippen LogP contribution is -2.54. The number of hydrogen-bond acceptors (Lipinski definition) is 3. The Labute approximate surface area is 125 Å². The molecule has 1 spiro atoms. The molecule has 4 unspecified atom stereocenters. The van der Waals surface area contributed by atoms with Gasteiger partial charge in [0.25, 0.3) is 0 Å². The van der Waals surface area contributed by atoms with E-state index < -0.39 is 0 Å². The average molecular weight is 290 g/mol. The zero-order valence-corrected chi connectivity index (χ0v) is 12.6. The SMILES string of the molecule is CCNC1CC2(CCN3CCC2C3)Oc2cc(F)ccc21. The van der Waals surface area contributed by atoms with Gasteiger partial charge in [0.05, 0.1) is 0 Å². The summed E-state index contributed by atoms with van der Waals surface area (Å²) < 4.78 is 20.1. The molecule has 0 saturated carbocycles. The third kappa shape index (κ3) is 2.16. The summed E-state index contributed by atoms with van der Waals surface area (Å²) in [4.78, 5) is 2.53. The molecular formula is C17H23FN2O. The number of ether oxygens (including phenoxy) is 1. The number of nitrogens with zero attached hydrogens (tertiary/aromatic N) is 1. The van der Waals surface area contributed by atoms with E-state index in [1.807, 2.05) is 6.07 Å². The molecule has 1 N–H and O–H groups in total. The van der Waals surface area contributed by atoms with Crippen LogP contribution in [0.3, 0.4) is 0 Å². The number of halogens is 1. The van der Waals surface area contributed by atoms with Gasteiger partial charge < -0.3 is 15.0 Å². The molecule has 0 aromatic heterocycles. The first-order chi connectivity index (χ1) is 10.2. The minimum atomic E-state index is -0.204. The summed E-state index contributed by atoms with van der Waals surface area (Å²) in [6.45, 7) is 6.50. The molecule has 4 heteroatoms. The molecule has 2 bridgehead atoms. The van der Waals surface area contributed by atoms with Crippen molar-refractivity contribution in [2.45, 2.75) is 37.8 Å². The second kappa shape index (κ2) is 4.96. The van der Waals surface area contributed by atoms with E-state index in [0.29, 0.717) is 5.92 Å². The number of hydrogen-bond donors (Lipinski definition) is 1. The van der Waals surface area contributed by atoms with Gasteiger partial charge in [-0.1, -0.05) is 13.0 Å². The Morgan fingerprint density at radius 2 is 2.33 bits per heavy atom. The molecule has 3 aliphatic heterocycles. The smallest absolute Gasteiger partial charge is 0.127 e. The van der Waals surface area contributed by atoms with Crippen molar-refractivity contribution >= 4 is 0 Å². The zero-order chi connectivity index (χ0) is 14.4. The van der Waals surface area contributed by atoms with E-state index >= 15 is 0 Å². The van der Waals surface area contributed by atoms with Crippen molar-refractivity contribution in [2.75, 3.05) is 26.2 Å². The predicted molar refractivity (Wildman–Crippen MR) is 80.0 cm³/mol. The topological polar surface area (TPSA) is 24.5 Å². The summed E-state index contributed by atoms with van der Waals surface area (Å²) in [5.74, 6) is 1.14. The van der Waals surface area contributed by atoms with E-state index in [4.69, 9.17) is 4.74 Å². The lowest BCUT2D eigenvalue weighted by Gasteiger charge is -2.48. The van der Waals surface area contributed by atoms with Crippen LogP contribution >= 0.6 is 0 Å². The molecule has 2 saturated heterocycles. The van der Waals surface area contributed by atoms with Gasteiger partial charge in [0.15, 0.2) is 0 Å². The van der Waals surface area contributed by atoms with Gasteiger partial charge in [0.1, 0.15) is 17.2 Å². The van der Waals surface area contributed by atoms with Crippen LogP contribution in [0, 0.1) is 11.7 Å². The lowest BCUT2D eigenvalue weighted by molar-refractivity contribution is -0.0475. The minimum absolute atomic E-state index is 0.0966. The first-order valence-electron chi connectivity index (χ1n) is 8.14. The molecule has 4 atom stereocenters. The second-order valence-electron chi connectivity index (χ2n) is 6.70. The first kappa shape index (κ1) is 13.5. The van der Waals surface area contributed by atoms with E-state index in [-0.39, 0.29) is 17.5 Å². The van der Waals surface area contributed by atoms with Crippen LogP contribution in [0.25, 0.3) is 0 Å². The van der Waals surface area contributed by atoms with E-state index in [9.17, 15) is 4.39 Å². The first-order valence-corrected chi connectivity index (χ1v) is 8.14. The second-order valence-corrected chi connectivity index (χ2v) is 6.70. The van der Waals surface area contributed by atoms with Crippen molar-refractivity contribution in [1.29, 1.82) is 0 Å². The summed E-state index contributed by atoms with van der Waals surface area (Å²) in [7, 11) is 0. The van der Waals surface area contributed by atoms with Gasteiger partial charge in [0, 0.05) is 49.5 Å². The highest BCUT2D eigenvalue weighted by molar-refractivity contribution is 5.40. The van der Waals surface area contributed by atoms with Crippen molar-refractivity contribution in [3.05, 3.63) is 29.6 Å². The summed E-state index contributed by atoms with van der Waals surface area (Å²) in [5.41, 5.74) is 1.02. The van der Waals surface area contributed by atoms with Crippen LogP contribution in [-0.4, -0.2) is 36.7 Å². The minimum Gasteiger partial charge on any atom is -0.486 e. The molecule has 2 fully saturated rings. The quantitative estimate of drug-likeness (QED) is 0.906.